The van der Waals surface area contributed by atoms with Gasteiger partial charge in [-0.3, -0.25) is 4.79 Å². The average Bonchev–Trinajstić information content (AvgIpc) is 2.90. The number of hydrogen-bond donors (Lipinski definition) is 1. The molecule has 1 fully saturated rings. The lowest BCUT2D eigenvalue weighted by Crippen LogP contribution is -2.36. The fraction of sp³-hybridized carbons (Fsp3) is 0.714. The molecule has 6 heteroatoms. The Bertz CT molecular complexity index is 497. The Hall–Kier alpha value is -1.14. The number of fused-ring (bicyclic) bond motifs is 1. The van der Waals surface area contributed by atoms with E-state index in [0.717, 1.165) is 54.6 Å². The van der Waals surface area contributed by atoms with Crippen LogP contribution in [0.3, 0.4) is 0 Å². The highest BCUT2D eigenvalue weighted by atomic mass is 32.1. The van der Waals surface area contributed by atoms with Crippen LogP contribution in [0.4, 0.5) is 5.13 Å². The average molecular weight is 296 g/mol. The van der Waals surface area contributed by atoms with Gasteiger partial charge in [-0.2, -0.15) is 0 Å². The van der Waals surface area contributed by atoms with Gasteiger partial charge in [-0.1, -0.05) is 0 Å². The molecule has 0 amide bonds. The third kappa shape index (κ3) is 2.54. The summed E-state index contributed by atoms with van der Waals surface area (Å²) in [7, 11) is 2.07. The van der Waals surface area contributed by atoms with E-state index in [0.29, 0.717) is 12.5 Å². The van der Waals surface area contributed by atoms with Crippen molar-refractivity contribution in [2.24, 2.45) is 0 Å². The molecule has 20 heavy (non-hydrogen) atoms. The van der Waals surface area contributed by atoms with Crippen molar-refractivity contribution < 1.29 is 14.6 Å². The molecule has 5 nitrogen and oxygen atoms in total. The summed E-state index contributed by atoms with van der Waals surface area (Å²) in [4.78, 5) is 19.4. The molecule has 0 radical (unpaired) electrons. The summed E-state index contributed by atoms with van der Waals surface area (Å²) in [6.45, 7) is 1.61. The van der Waals surface area contributed by atoms with Crippen molar-refractivity contribution in [3.63, 3.8) is 0 Å². The fourth-order valence-electron chi connectivity index (χ4n) is 3.03. The Balaban J connectivity index is 1.83. The first-order valence-corrected chi connectivity index (χ1v) is 8.01. The highest BCUT2D eigenvalue weighted by Gasteiger charge is 2.31. The molecule has 2 heterocycles. The third-order valence-electron chi connectivity index (χ3n) is 4.28. The van der Waals surface area contributed by atoms with Crippen LogP contribution in [0.1, 0.15) is 42.2 Å². The maximum atomic E-state index is 11.3. The van der Waals surface area contributed by atoms with Crippen LogP contribution in [0.2, 0.25) is 0 Å². The van der Waals surface area contributed by atoms with Gasteiger partial charge in [0.15, 0.2) is 5.13 Å². The largest absolute Gasteiger partial charge is 0.481 e. The summed E-state index contributed by atoms with van der Waals surface area (Å²) >= 11 is 1.67. The first kappa shape index (κ1) is 13.8. The van der Waals surface area contributed by atoms with Crippen LogP contribution in [0.5, 0.6) is 0 Å². The topological polar surface area (TPSA) is 62.7 Å². The van der Waals surface area contributed by atoms with Crippen LogP contribution in [-0.4, -0.2) is 42.4 Å². The number of carboxylic acids is 1. The monoisotopic (exact) mass is 296 g/mol. The van der Waals surface area contributed by atoms with Gasteiger partial charge in [-0.05, 0) is 32.1 Å². The molecule has 3 rings (SSSR count). The number of aliphatic carboxylic acids is 1. The quantitative estimate of drug-likeness (QED) is 0.927. The second-order valence-corrected chi connectivity index (χ2v) is 6.60. The second-order valence-electron chi connectivity index (χ2n) is 5.54. The van der Waals surface area contributed by atoms with E-state index in [1.54, 1.807) is 11.3 Å². The van der Waals surface area contributed by atoms with Gasteiger partial charge >= 0.3 is 5.97 Å². The van der Waals surface area contributed by atoms with Crippen molar-refractivity contribution in [3.8, 4) is 0 Å². The van der Waals surface area contributed by atoms with Gasteiger partial charge in [0.1, 0.15) is 5.92 Å². The van der Waals surface area contributed by atoms with Crippen molar-refractivity contribution in [2.75, 3.05) is 25.2 Å². The first-order valence-electron chi connectivity index (χ1n) is 7.20. The van der Waals surface area contributed by atoms with Crippen molar-refractivity contribution >= 4 is 22.4 Å². The normalized spacial score (nSPS) is 23.4. The smallest absolute Gasteiger partial charge is 0.312 e. The molecule has 0 aromatic carbocycles. The first-order chi connectivity index (χ1) is 9.66. The molecule has 1 aromatic rings. The van der Waals surface area contributed by atoms with E-state index in [-0.39, 0.29) is 0 Å². The van der Waals surface area contributed by atoms with Crippen LogP contribution in [0, 0.1) is 0 Å². The van der Waals surface area contributed by atoms with Crippen molar-refractivity contribution in [2.45, 2.75) is 44.1 Å². The molecule has 0 bridgehead atoms. The van der Waals surface area contributed by atoms with E-state index in [1.807, 2.05) is 0 Å². The van der Waals surface area contributed by atoms with Crippen molar-refractivity contribution in [1.29, 1.82) is 0 Å². The highest BCUT2D eigenvalue weighted by molar-refractivity contribution is 7.15. The number of rotatable bonds is 3. The SMILES string of the molecule is CN(c1nc2c(s1)CCCC2C(=O)O)C1CCOCC1. The maximum absolute atomic E-state index is 11.3. The number of carbonyl (C=O) groups is 1. The predicted octanol–water partition coefficient (Wildman–Crippen LogP) is 2.26. The molecule has 1 N–H and O–H groups in total. The number of aryl methyl sites for hydroxylation is 1. The Morgan fingerprint density at radius 2 is 2.15 bits per heavy atom. The predicted molar refractivity (Wildman–Crippen MR) is 77.7 cm³/mol. The molecule has 0 spiro atoms. The molecular formula is C14H20N2O3S. The zero-order valence-corrected chi connectivity index (χ0v) is 12.5. The van der Waals surface area contributed by atoms with Gasteiger partial charge in [0.05, 0.1) is 5.69 Å². The minimum Gasteiger partial charge on any atom is -0.481 e. The van der Waals surface area contributed by atoms with Crippen molar-refractivity contribution in [3.05, 3.63) is 10.6 Å². The van der Waals surface area contributed by atoms with E-state index >= 15 is 0 Å². The summed E-state index contributed by atoms with van der Waals surface area (Å²) in [5, 5.41) is 10.3. The second kappa shape index (κ2) is 5.69. The van der Waals surface area contributed by atoms with Crippen LogP contribution in [0.15, 0.2) is 0 Å². The number of ether oxygens (including phenoxy) is 1. The van der Waals surface area contributed by atoms with Gasteiger partial charge < -0.3 is 14.7 Å². The molecule has 110 valence electrons. The van der Waals surface area contributed by atoms with Crippen LogP contribution in [0.25, 0.3) is 0 Å². The number of thiazole rings is 1. The number of carboxylic acid groups (broad SMARTS) is 1. The third-order valence-corrected chi connectivity index (χ3v) is 5.50. The van der Waals surface area contributed by atoms with E-state index in [9.17, 15) is 9.90 Å². The number of aromatic nitrogens is 1. The fourth-order valence-corrected chi connectivity index (χ4v) is 4.22. The molecule has 1 aliphatic heterocycles. The Kier molecular flexibility index (Phi) is 3.94. The van der Waals surface area contributed by atoms with Crippen LogP contribution >= 0.6 is 11.3 Å². The van der Waals surface area contributed by atoms with Crippen LogP contribution in [-0.2, 0) is 16.0 Å². The Labute approximate surface area is 122 Å². The Morgan fingerprint density at radius 3 is 2.85 bits per heavy atom. The summed E-state index contributed by atoms with van der Waals surface area (Å²) in [6, 6.07) is 0.458. The minimum absolute atomic E-state index is 0.410. The minimum atomic E-state index is -0.739. The number of hydrogen-bond acceptors (Lipinski definition) is 5. The van der Waals surface area contributed by atoms with Crippen LogP contribution < -0.4 is 4.90 Å². The van der Waals surface area contributed by atoms with Gasteiger partial charge in [0.25, 0.3) is 0 Å². The number of anilines is 1. The van der Waals surface area contributed by atoms with Gasteiger partial charge in [-0.15, -0.1) is 11.3 Å². The van der Waals surface area contributed by atoms with Gasteiger partial charge in [0, 0.05) is 31.2 Å². The summed E-state index contributed by atoms with van der Waals surface area (Å²) in [5.74, 6) is -1.15. The summed E-state index contributed by atoms with van der Waals surface area (Å²) < 4.78 is 5.39. The van der Waals surface area contributed by atoms with Gasteiger partial charge in [0.2, 0.25) is 0 Å². The molecule has 1 aromatic heterocycles. The lowest BCUT2D eigenvalue weighted by molar-refractivity contribution is -0.139. The molecule has 1 unspecified atom stereocenters. The van der Waals surface area contributed by atoms with E-state index < -0.39 is 11.9 Å². The lowest BCUT2D eigenvalue weighted by Gasteiger charge is -2.30. The Morgan fingerprint density at radius 1 is 1.40 bits per heavy atom. The number of nitrogens with zero attached hydrogens (tertiary/aromatic N) is 2. The van der Waals surface area contributed by atoms with E-state index in [1.165, 1.54) is 0 Å². The van der Waals surface area contributed by atoms with Crippen molar-refractivity contribution in [1.82, 2.24) is 4.98 Å². The molecule has 2 aliphatic rings. The summed E-state index contributed by atoms with van der Waals surface area (Å²) in [5.41, 5.74) is 0.808. The lowest BCUT2D eigenvalue weighted by atomic mass is 9.91. The molecule has 0 saturated carbocycles. The molecule has 1 saturated heterocycles. The maximum Gasteiger partial charge on any atom is 0.312 e. The molecular weight excluding hydrogens is 276 g/mol. The van der Waals surface area contributed by atoms with E-state index in [2.05, 4.69) is 16.9 Å². The van der Waals surface area contributed by atoms with E-state index in [4.69, 9.17) is 4.74 Å². The zero-order valence-electron chi connectivity index (χ0n) is 11.7. The zero-order chi connectivity index (χ0) is 14.1. The highest BCUT2D eigenvalue weighted by Crippen LogP contribution is 2.38. The van der Waals surface area contributed by atoms with Gasteiger partial charge in [-0.25, -0.2) is 4.98 Å². The molecule has 1 atom stereocenters. The molecule has 1 aliphatic carbocycles. The standard InChI is InChI=1S/C14H20N2O3S/c1-16(9-5-7-19-8-6-9)14-15-12-10(13(17)18)3-2-4-11(12)20-14/h9-10H,2-8H2,1H3,(H,17,18). The summed E-state index contributed by atoms with van der Waals surface area (Å²) in [6.07, 6.45) is 4.67.